The van der Waals surface area contributed by atoms with Crippen molar-refractivity contribution in [2.24, 2.45) is 0 Å². The molecule has 0 aromatic carbocycles. The molecule has 0 unspecified atom stereocenters. The number of fused-ring (bicyclic) bond motifs is 1. The van der Waals surface area contributed by atoms with E-state index in [2.05, 4.69) is 21.4 Å². The molecule has 0 atom stereocenters. The van der Waals surface area contributed by atoms with Crippen molar-refractivity contribution in [3.8, 4) is 0 Å². The molecule has 1 saturated carbocycles. The molecule has 1 aliphatic heterocycles. The smallest absolute Gasteiger partial charge is 0.255 e. The quantitative estimate of drug-likeness (QED) is 0.848. The monoisotopic (exact) mass is 268 g/mol. The molecule has 0 saturated heterocycles. The van der Waals surface area contributed by atoms with Gasteiger partial charge < -0.3 is 10.3 Å². The van der Waals surface area contributed by atoms with Crippen LogP contribution < -0.4 is 10.9 Å². The molecule has 1 aliphatic carbocycles. The Morgan fingerprint density at radius 3 is 2.95 bits per heavy atom. The number of hydrogen-bond donors (Lipinski definition) is 2. The zero-order valence-corrected chi connectivity index (χ0v) is 11.1. The van der Waals surface area contributed by atoms with Gasteiger partial charge in [-0.05, 0) is 24.5 Å². The maximum atomic E-state index is 12.2. The Labute approximate surface area is 116 Å². The molecular formula is C15H16N4O. The average Bonchev–Trinajstić information content (AvgIpc) is 3.30. The van der Waals surface area contributed by atoms with Crippen molar-refractivity contribution < 1.29 is 0 Å². The van der Waals surface area contributed by atoms with Gasteiger partial charge in [-0.2, -0.15) is 0 Å². The number of hydrogen-bond acceptors (Lipinski definition) is 4. The van der Waals surface area contributed by atoms with E-state index in [9.17, 15) is 4.79 Å². The first-order chi connectivity index (χ1) is 9.79. The molecule has 0 radical (unpaired) electrons. The molecule has 0 bridgehead atoms. The molecule has 5 heteroatoms. The summed E-state index contributed by atoms with van der Waals surface area (Å²) in [5.74, 6) is 0.816. The Kier molecular flexibility index (Phi) is 2.50. The predicted octanol–water partition coefficient (Wildman–Crippen LogP) is 0.890. The molecule has 0 spiro atoms. The van der Waals surface area contributed by atoms with Gasteiger partial charge in [0.1, 0.15) is 5.82 Å². The van der Waals surface area contributed by atoms with Crippen LogP contribution in [0.25, 0.3) is 0 Å². The average molecular weight is 268 g/mol. The van der Waals surface area contributed by atoms with E-state index in [-0.39, 0.29) is 11.0 Å². The first-order valence-corrected chi connectivity index (χ1v) is 7.03. The lowest BCUT2D eigenvalue weighted by Gasteiger charge is -2.19. The second kappa shape index (κ2) is 4.24. The highest BCUT2D eigenvalue weighted by Gasteiger charge is 2.48. The largest absolute Gasteiger partial charge is 0.312 e. The van der Waals surface area contributed by atoms with Crippen molar-refractivity contribution in [2.75, 3.05) is 6.54 Å². The number of rotatable bonds is 2. The number of aromatic amines is 1. The zero-order chi connectivity index (χ0) is 13.6. The maximum Gasteiger partial charge on any atom is 0.255 e. The van der Waals surface area contributed by atoms with Crippen LogP contribution in [0.3, 0.4) is 0 Å². The molecule has 5 nitrogen and oxygen atoms in total. The summed E-state index contributed by atoms with van der Waals surface area (Å²) in [5, 5.41) is 3.22. The summed E-state index contributed by atoms with van der Waals surface area (Å²) in [4.78, 5) is 24.2. The minimum absolute atomic E-state index is 0.00682. The lowest BCUT2D eigenvalue weighted by atomic mass is 9.96. The van der Waals surface area contributed by atoms with E-state index in [1.165, 1.54) is 0 Å². The van der Waals surface area contributed by atoms with Gasteiger partial charge in [-0.25, -0.2) is 4.98 Å². The molecular weight excluding hydrogens is 252 g/mol. The van der Waals surface area contributed by atoms with Crippen molar-refractivity contribution in [1.29, 1.82) is 0 Å². The molecule has 102 valence electrons. The van der Waals surface area contributed by atoms with E-state index < -0.39 is 0 Å². The minimum Gasteiger partial charge on any atom is -0.312 e. The summed E-state index contributed by atoms with van der Waals surface area (Å²) in [5.41, 5.74) is 2.79. The van der Waals surface area contributed by atoms with Crippen LogP contribution in [0.4, 0.5) is 0 Å². The van der Waals surface area contributed by atoms with Crippen LogP contribution >= 0.6 is 0 Å². The first-order valence-electron chi connectivity index (χ1n) is 7.03. The van der Waals surface area contributed by atoms with E-state index in [0.717, 1.165) is 48.5 Å². The van der Waals surface area contributed by atoms with Gasteiger partial charge in [0.25, 0.3) is 5.56 Å². The number of pyridine rings is 1. The van der Waals surface area contributed by atoms with Crippen LogP contribution in [-0.4, -0.2) is 21.5 Å². The summed E-state index contributed by atoms with van der Waals surface area (Å²) >= 11 is 0. The van der Waals surface area contributed by atoms with Crippen LogP contribution in [0, 0.1) is 0 Å². The number of H-pyrrole nitrogens is 1. The molecule has 20 heavy (non-hydrogen) atoms. The highest BCUT2D eigenvalue weighted by molar-refractivity contribution is 5.38. The van der Waals surface area contributed by atoms with Crippen LogP contribution in [0.1, 0.15) is 35.5 Å². The van der Waals surface area contributed by atoms with Gasteiger partial charge in [0.15, 0.2) is 0 Å². The standard InChI is InChI=1S/C15H16N4O/c20-13-11-9-17-7-3-12(11)18-14(19-13)15(4-5-15)10-2-1-6-16-8-10/h1-2,6,8,17H,3-5,7,9H2,(H,18,19,20). The van der Waals surface area contributed by atoms with Gasteiger partial charge in [0, 0.05) is 31.9 Å². The van der Waals surface area contributed by atoms with Crippen LogP contribution in [0.2, 0.25) is 0 Å². The summed E-state index contributed by atoms with van der Waals surface area (Å²) in [7, 11) is 0. The summed E-state index contributed by atoms with van der Waals surface area (Å²) < 4.78 is 0. The van der Waals surface area contributed by atoms with Gasteiger partial charge in [-0.3, -0.25) is 9.78 Å². The molecule has 2 aromatic rings. The van der Waals surface area contributed by atoms with Gasteiger partial charge >= 0.3 is 0 Å². The van der Waals surface area contributed by atoms with Crippen molar-refractivity contribution in [3.05, 3.63) is 57.5 Å². The Morgan fingerprint density at radius 2 is 2.20 bits per heavy atom. The number of nitrogens with one attached hydrogen (secondary N) is 2. The summed E-state index contributed by atoms with van der Waals surface area (Å²) in [6.07, 6.45) is 6.54. The van der Waals surface area contributed by atoms with Crippen LogP contribution in [0.5, 0.6) is 0 Å². The topological polar surface area (TPSA) is 70.7 Å². The fourth-order valence-corrected chi connectivity index (χ4v) is 3.01. The van der Waals surface area contributed by atoms with E-state index >= 15 is 0 Å². The Bertz CT molecular complexity index is 704. The summed E-state index contributed by atoms with van der Waals surface area (Å²) in [6, 6.07) is 4.01. The van der Waals surface area contributed by atoms with Crippen LogP contribution in [-0.2, 0) is 18.4 Å². The molecule has 4 rings (SSSR count). The van der Waals surface area contributed by atoms with Crippen molar-refractivity contribution >= 4 is 0 Å². The first kappa shape index (κ1) is 11.8. The Morgan fingerprint density at radius 1 is 1.30 bits per heavy atom. The third-order valence-electron chi connectivity index (χ3n) is 4.36. The van der Waals surface area contributed by atoms with Crippen molar-refractivity contribution in [3.63, 3.8) is 0 Å². The highest BCUT2D eigenvalue weighted by Crippen LogP contribution is 2.51. The maximum absolute atomic E-state index is 12.2. The predicted molar refractivity (Wildman–Crippen MR) is 74.5 cm³/mol. The fourth-order valence-electron chi connectivity index (χ4n) is 3.01. The Hall–Kier alpha value is -2.01. The van der Waals surface area contributed by atoms with E-state index in [1.54, 1.807) is 6.20 Å². The fraction of sp³-hybridized carbons (Fsp3) is 0.400. The normalized spacial score (nSPS) is 19.4. The lowest BCUT2D eigenvalue weighted by Crippen LogP contribution is -2.33. The van der Waals surface area contributed by atoms with Gasteiger partial charge in [-0.15, -0.1) is 0 Å². The van der Waals surface area contributed by atoms with Gasteiger partial charge in [-0.1, -0.05) is 6.07 Å². The second-order valence-electron chi connectivity index (χ2n) is 5.59. The minimum atomic E-state index is -0.118. The SMILES string of the molecule is O=c1[nH]c(C2(c3cccnc3)CC2)nc2c1CNCC2. The Balaban J connectivity index is 1.84. The van der Waals surface area contributed by atoms with Gasteiger partial charge in [0.2, 0.25) is 0 Å². The highest BCUT2D eigenvalue weighted by atomic mass is 16.1. The third kappa shape index (κ3) is 1.70. The molecule has 3 heterocycles. The van der Waals surface area contributed by atoms with Crippen LogP contribution in [0.15, 0.2) is 29.3 Å². The van der Waals surface area contributed by atoms with E-state index in [4.69, 9.17) is 4.98 Å². The molecule has 1 fully saturated rings. The van der Waals surface area contributed by atoms with Gasteiger partial charge in [0.05, 0.1) is 16.7 Å². The molecule has 2 aromatic heterocycles. The number of aromatic nitrogens is 3. The third-order valence-corrected chi connectivity index (χ3v) is 4.36. The molecule has 0 amide bonds. The molecule has 2 N–H and O–H groups in total. The molecule has 2 aliphatic rings. The lowest BCUT2D eigenvalue weighted by molar-refractivity contribution is 0.604. The summed E-state index contributed by atoms with van der Waals surface area (Å²) in [6.45, 7) is 1.51. The number of nitrogens with zero attached hydrogens (tertiary/aromatic N) is 2. The van der Waals surface area contributed by atoms with Crippen molar-refractivity contribution in [1.82, 2.24) is 20.3 Å². The van der Waals surface area contributed by atoms with Crippen molar-refractivity contribution in [2.45, 2.75) is 31.2 Å². The zero-order valence-electron chi connectivity index (χ0n) is 11.1. The van der Waals surface area contributed by atoms with E-state index in [0.29, 0.717) is 6.54 Å². The van der Waals surface area contributed by atoms with E-state index in [1.807, 2.05) is 12.3 Å². The second-order valence-corrected chi connectivity index (χ2v) is 5.59.